The Morgan fingerprint density at radius 3 is 2.65 bits per heavy atom. The highest BCUT2D eigenvalue weighted by Gasteiger charge is 2.09. The minimum absolute atomic E-state index is 0.149. The quantitative estimate of drug-likeness (QED) is 0.666. The Balaban J connectivity index is 1.55. The van der Waals surface area contributed by atoms with E-state index in [1.807, 2.05) is 50.5 Å². The lowest BCUT2D eigenvalue weighted by molar-refractivity contribution is 0.0947. The number of amides is 1. The van der Waals surface area contributed by atoms with E-state index in [1.165, 1.54) is 0 Å². The Morgan fingerprint density at radius 1 is 1.15 bits per heavy atom. The minimum atomic E-state index is -0.149. The number of likely N-dealkylation sites (N-methyl/N-ethyl adjacent to an activating group) is 1. The average Bonchev–Trinajstić information content (AvgIpc) is 3.03. The molecule has 6 heteroatoms. The van der Waals surface area contributed by atoms with Gasteiger partial charge >= 0.3 is 0 Å². The van der Waals surface area contributed by atoms with Crippen LogP contribution in [0.1, 0.15) is 16.1 Å². The molecule has 0 aliphatic rings. The highest BCUT2D eigenvalue weighted by Crippen LogP contribution is 2.20. The number of aromatic nitrogens is 1. The van der Waals surface area contributed by atoms with E-state index in [-0.39, 0.29) is 5.91 Å². The SMILES string of the molecule is CN(C)CCOc1ccc(CNC(=O)c2cc3cc(Cl)ccc3[nH]2)cc1. The van der Waals surface area contributed by atoms with Gasteiger partial charge in [0.15, 0.2) is 0 Å². The van der Waals surface area contributed by atoms with Gasteiger partial charge in [-0.2, -0.15) is 0 Å². The second-order valence-corrected chi connectivity index (χ2v) is 6.83. The van der Waals surface area contributed by atoms with Crippen molar-refractivity contribution in [3.63, 3.8) is 0 Å². The third kappa shape index (κ3) is 4.77. The molecular weight excluding hydrogens is 350 g/mol. The fourth-order valence-electron chi connectivity index (χ4n) is 2.55. The molecule has 0 atom stereocenters. The molecule has 1 aromatic heterocycles. The van der Waals surface area contributed by atoms with Gasteiger partial charge in [0.1, 0.15) is 18.1 Å². The number of hydrogen-bond acceptors (Lipinski definition) is 3. The number of carbonyl (C=O) groups excluding carboxylic acids is 1. The van der Waals surface area contributed by atoms with Crippen LogP contribution in [-0.2, 0) is 6.54 Å². The Morgan fingerprint density at radius 2 is 1.92 bits per heavy atom. The number of carbonyl (C=O) groups is 1. The van der Waals surface area contributed by atoms with E-state index < -0.39 is 0 Å². The molecule has 136 valence electrons. The monoisotopic (exact) mass is 371 g/mol. The molecular formula is C20H22ClN3O2. The summed E-state index contributed by atoms with van der Waals surface area (Å²) in [6.45, 7) is 1.97. The smallest absolute Gasteiger partial charge is 0.267 e. The lowest BCUT2D eigenvalue weighted by Gasteiger charge is -2.11. The Hall–Kier alpha value is -2.50. The fraction of sp³-hybridized carbons (Fsp3) is 0.250. The number of benzene rings is 2. The summed E-state index contributed by atoms with van der Waals surface area (Å²) in [7, 11) is 4.02. The molecule has 2 aromatic carbocycles. The first kappa shape index (κ1) is 18.3. The van der Waals surface area contributed by atoms with Gasteiger partial charge in [-0.05, 0) is 56.1 Å². The number of aromatic amines is 1. The number of fused-ring (bicyclic) bond motifs is 1. The van der Waals surface area contributed by atoms with Gasteiger partial charge in [0, 0.05) is 29.0 Å². The van der Waals surface area contributed by atoms with Crippen molar-refractivity contribution in [1.82, 2.24) is 15.2 Å². The number of nitrogens with one attached hydrogen (secondary N) is 2. The van der Waals surface area contributed by atoms with Crippen LogP contribution in [0.3, 0.4) is 0 Å². The lowest BCUT2D eigenvalue weighted by Crippen LogP contribution is -2.23. The maximum Gasteiger partial charge on any atom is 0.267 e. The summed E-state index contributed by atoms with van der Waals surface area (Å²) >= 11 is 5.98. The maximum atomic E-state index is 12.3. The highest BCUT2D eigenvalue weighted by molar-refractivity contribution is 6.31. The van der Waals surface area contributed by atoms with E-state index in [0.717, 1.165) is 28.8 Å². The molecule has 5 nitrogen and oxygen atoms in total. The van der Waals surface area contributed by atoms with Gasteiger partial charge in [-0.3, -0.25) is 4.79 Å². The van der Waals surface area contributed by atoms with E-state index in [0.29, 0.717) is 23.9 Å². The number of hydrogen-bond donors (Lipinski definition) is 2. The zero-order valence-electron chi connectivity index (χ0n) is 14.9. The molecule has 3 rings (SSSR count). The van der Waals surface area contributed by atoms with Crippen molar-refractivity contribution < 1.29 is 9.53 Å². The van der Waals surface area contributed by atoms with Crippen molar-refractivity contribution in [3.8, 4) is 5.75 Å². The second kappa shape index (κ2) is 8.25. The van der Waals surface area contributed by atoms with Gasteiger partial charge in [-0.1, -0.05) is 23.7 Å². The van der Waals surface area contributed by atoms with Crippen molar-refractivity contribution in [1.29, 1.82) is 0 Å². The molecule has 26 heavy (non-hydrogen) atoms. The van der Waals surface area contributed by atoms with Crippen LogP contribution in [0.4, 0.5) is 0 Å². The minimum Gasteiger partial charge on any atom is -0.492 e. The first-order valence-electron chi connectivity index (χ1n) is 8.44. The zero-order chi connectivity index (χ0) is 18.5. The molecule has 0 aliphatic carbocycles. The molecule has 0 fully saturated rings. The van der Waals surface area contributed by atoms with Crippen molar-refractivity contribution in [2.75, 3.05) is 27.2 Å². The van der Waals surface area contributed by atoms with E-state index in [1.54, 1.807) is 12.1 Å². The van der Waals surface area contributed by atoms with Crippen LogP contribution in [-0.4, -0.2) is 43.0 Å². The molecule has 0 radical (unpaired) electrons. The molecule has 0 aliphatic heterocycles. The first-order valence-corrected chi connectivity index (χ1v) is 8.82. The largest absolute Gasteiger partial charge is 0.492 e. The van der Waals surface area contributed by atoms with Gasteiger partial charge < -0.3 is 19.9 Å². The summed E-state index contributed by atoms with van der Waals surface area (Å²) in [4.78, 5) is 17.5. The molecule has 2 N–H and O–H groups in total. The van der Waals surface area contributed by atoms with Gasteiger partial charge in [-0.25, -0.2) is 0 Å². The van der Waals surface area contributed by atoms with Crippen molar-refractivity contribution in [3.05, 3.63) is 64.8 Å². The van der Waals surface area contributed by atoms with Crippen LogP contribution in [0.5, 0.6) is 5.75 Å². The van der Waals surface area contributed by atoms with Crippen LogP contribution in [0.15, 0.2) is 48.5 Å². The number of nitrogens with zero attached hydrogens (tertiary/aromatic N) is 1. The summed E-state index contributed by atoms with van der Waals surface area (Å²) in [5.41, 5.74) is 2.42. The van der Waals surface area contributed by atoms with E-state index in [2.05, 4.69) is 15.2 Å². The van der Waals surface area contributed by atoms with E-state index >= 15 is 0 Å². The van der Waals surface area contributed by atoms with Crippen molar-refractivity contribution >= 4 is 28.4 Å². The van der Waals surface area contributed by atoms with Gasteiger partial charge in [0.25, 0.3) is 5.91 Å². The average molecular weight is 372 g/mol. The molecule has 0 saturated heterocycles. The van der Waals surface area contributed by atoms with Crippen LogP contribution >= 0.6 is 11.6 Å². The molecule has 0 bridgehead atoms. The van der Waals surface area contributed by atoms with E-state index in [9.17, 15) is 4.79 Å². The molecule has 1 heterocycles. The predicted molar refractivity (Wildman–Crippen MR) is 105 cm³/mol. The number of H-pyrrole nitrogens is 1. The van der Waals surface area contributed by atoms with Gasteiger partial charge in [-0.15, -0.1) is 0 Å². The maximum absolute atomic E-state index is 12.3. The lowest BCUT2D eigenvalue weighted by atomic mass is 10.2. The summed E-state index contributed by atoms with van der Waals surface area (Å²) in [5, 5.41) is 4.49. The van der Waals surface area contributed by atoms with Crippen molar-refractivity contribution in [2.24, 2.45) is 0 Å². The summed E-state index contributed by atoms with van der Waals surface area (Å²) < 4.78 is 5.67. The van der Waals surface area contributed by atoms with Crippen molar-refractivity contribution in [2.45, 2.75) is 6.54 Å². The summed E-state index contributed by atoms with van der Waals surface area (Å²) in [5.74, 6) is 0.679. The molecule has 0 spiro atoms. The Labute approximate surface area is 157 Å². The molecule has 0 unspecified atom stereocenters. The normalized spacial score (nSPS) is 11.1. The molecule has 3 aromatic rings. The van der Waals surface area contributed by atoms with Gasteiger partial charge in [0.05, 0.1) is 0 Å². The third-order valence-electron chi connectivity index (χ3n) is 4.01. The van der Waals surface area contributed by atoms with Crippen LogP contribution in [0.25, 0.3) is 10.9 Å². The molecule has 1 amide bonds. The van der Waals surface area contributed by atoms with Crippen LogP contribution in [0.2, 0.25) is 5.02 Å². The second-order valence-electron chi connectivity index (χ2n) is 6.39. The Kier molecular flexibility index (Phi) is 5.81. The van der Waals surface area contributed by atoms with Gasteiger partial charge in [0.2, 0.25) is 0 Å². The zero-order valence-corrected chi connectivity index (χ0v) is 15.6. The number of rotatable bonds is 7. The van der Waals surface area contributed by atoms with Crippen LogP contribution < -0.4 is 10.1 Å². The topological polar surface area (TPSA) is 57.4 Å². The number of halogens is 1. The predicted octanol–water partition coefficient (Wildman–Crippen LogP) is 3.69. The highest BCUT2D eigenvalue weighted by atomic mass is 35.5. The van der Waals surface area contributed by atoms with Crippen LogP contribution in [0, 0.1) is 0 Å². The summed E-state index contributed by atoms with van der Waals surface area (Å²) in [6, 6.07) is 15.0. The first-order chi connectivity index (χ1) is 12.5. The Bertz CT molecular complexity index is 888. The standard InChI is InChI=1S/C20H22ClN3O2/c1-24(2)9-10-26-17-6-3-14(4-7-17)13-22-20(25)19-12-15-11-16(21)5-8-18(15)23-19/h3-8,11-12,23H,9-10,13H2,1-2H3,(H,22,25). The summed E-state index contributed by atoms with van der Waals surface area (Å²) in [6.07, 6.45) is 0. The fourth-order valence-corrected chi connectivity index (χ4v) is 2.73. The number of ether oxygens (including phenoxy) is 1. The third-order valence-corrected chi connectivity index (χ3v) is 4.25. The van der Waals surface area contributed by atoms with E-state index in [4.69, 9.17) is 16.3 Å². The molecule has 0 saturated carbocycles.